The largest absolute Gasteiger partial charge is 0.392 e. The van der Waals surface area contributed by atoms with E-state index in [-0.39, 0.29) is 6.10 Å². The third-order valence-corrected chi connectivity index (χ3v) is 4.05. The van der Waals surface area contributed by atoms with Crippen molar-refractivity contribution in [2.75, 3.05) is 11.5 Å². The lowest BCUT2D eigenvalue weighted by atomic mass is 9.99. The fourth-order valence-electron chi connectivity index (χ4n) is 1.72. The highest BCUT2D eigenvalue weighted by atomic mass is 32.2. The Bertz CT molecular complexity index is 134. The van der Waals surface area contributed by atoms with Gasteiger partial charge in [-0.05, 0) is 24.0 Å². The summed E-state index contributed by atoms with van der Waals surface area (Å²) in [6, 6.07) is 0. The second kappa shape index (κ2) is 3.36. The van der Waals surface area contributed by atoms with Crippen molar-refractivity contribution < 1.29 is 5.11 Å². The van der Waals surface area contributed by atoms with Gasteiger partial charge in [-0.1, -0.05) is 19.3 Å². The Labute approximate surface area is 72.6 Å². The molecule has 11 heavy (non-hydrogen) atoms. The van der Waals surface area contributed by atoms with Gasteiger partial charge in [0.25, 0.3) is 0 Å². The molecule has 0 amide bonds. The van der Waals surface area contributed by atoms with Gasteiger partial charge < -0.3 is 5.11 Å². The minimum Gasteiger partial charge on any atom is -0.392 e. The molecule has 2 aliphatic rings. The van der Waals surface area contributed by atoms with E-state index in [1.54, 1.807) is 0 Å². The molecule has 0 aromatic heterocycles. The van der Waals surface area contributed by atoms with Crippen molar-refractivity contribution in [1.82, 2.24) is 0 Å². The number of rotatable bonds is 3. The van der Waals surface area contributed by atoms with Gasteiger partial charge in [-0.2, -0.15) is 11.8 Å². The molecule has 1 aliphatic carbocycles. The molecule has 2 fully saturated rings. The van der Waals surface area contributed by atoms with E-state index in [0.717, 1.165) is 11.7 Å². The van der Waals surface area contributed by atoms with E-state index < -0.39 is 0 Å². The number of aliphatic hydroxyl groups excluding tert-OH is 1. The van der Waals surface area contributed by atoms with Crippen molar-refractivity contribution in [1.29, 1.82) is 0 Å². The average Bonchev–Trinajstić information content (AvgIpc) is 2.73. The minimum atomic E-state index is 0.0127. The second-order valence-corrected chi connectivity index (χ2v) is 4.96. The van der Waals surface area contributed by atoms with E-state index in [2.05, 4.69) is 0 Å². The summed E-state index contributed by atoms with van der Waals surface area (Å²) in [6.07, 6.45) is 5.58. The van der Waals surface area contributed by atoms with Crippen LogP contribution < -0.4 is 0 Å². The molecule has 1 saturated heterocycles. The van der Waals surface area contributed by atoms with E-state index in [1.165, 1.54) is 31.4 Å². The second-order valence-electron chi connectivity index (χ2n) is 3.89. The van der Waals surface area contributed by atoms with Crippen LogP contribution in [0.3, 0.4) is 0 Å². The van der Waals surface area contributed by atoms with Gasteiger partial charge in [0, 0.05) is 5.75 Å². The zero-order valence-electron chi connectivity index (χ0n) is 6.83. The Hall–Kier alpha value is 0.310. The van der Waals surface area contributed by atoms with Gasteiger partial charge in [0.2, 0.25) is 0 Å². The van der Waals surface area contributed by atoms with Crippen molar-refractivity contribution >= 4 is 11.8 Å². The highest BCUT2D eigenvalue weighted by molar-refractivity contribution is 7.99. The molecule has 1 nitrogen and oxygen atoms in total. The molecule has 0 spiro atoms. The van der Waals surface area contributed by atoms with Crippen LogP contribution in [0.25, 0.3) is 0 Å². The van der Waals surface area contributed by atoms with Crippen LogP contribution in [0.1, 0.15) is 25.7 Å². The molecule has 2 rings (SSSR count). The quantitative estimate of drug-likeness (QED) is 0.701. The maximum absolute atomic E-state index is 9.50. The fraction of sp³-hybridized carbons (Fsp3) is 1.00. The Kier molecular flexibility index (Phi) is 2.42. The standard InChI is InChI=1S/C9H16OS/c10-9-6-11-5-8(9)4-3-7-1-2-7/h7-10H,1-6H2. The first-order valence-electron chi connectivity index (χ1n) is 4.62. The lowest BCUT2D eigenvalue weighted by Gasteiger charge is -2.11. The van der Waals surface area contributed by atoms with Crippen LogP contribution in [-0.4, -0.2) is 22.7 Å². The first-order chi connectivity index (χ1) is 5.36. The summed E-state index contributed by atoms with van der Waals surface area (Å²) in [5, 5.41) is 9.50. The Morgan fingerprint density at radius 3 is 2.55 bits per heavy atom. The highest BCUT2D eigenvalue weighted by Gasteiger charge is 2.28. The predicted octanol–water partition coefficient (Wildman–Crippen LogP) is 1.90. The molecule has 0 aromatic rings. The number of thioether (sulfide) groups is 1. The summed E-state index contributed by atoms with van der Waals surface area (Å²) in [5.74, 6) is 3.84. The summed E-state index contributed by atoms with van der Waals surface area (Å²) < 4.78 is 0. The Morgan fingerprint density at radius 1 is 1.18 bits per heavy atom. The third kappa shape index (κ3) is 2.12. The van der Waals surface area contributed by atoms with Gasteiger partial charge >= 0.3 is 0 Å². The Morgan fingerprint density at radius 2 is 2.00 bits per heavy atom. The van der Waals surface area contributed by atoms with Gasteiger partial charge in [0.1, 0.15) is 0 Å². The number of aliphatic hydroxyl groups is 1. The van der Waals surface area contributed by atoms with Gasteiger partial charge in [0.15, 0.2) is 0 Å². The molecule has 2 unspecified atom stereocenters. The molecule has 0 bridgehead atoms. The molecule has 1 aliphatic heterocycles. The summed E-state index contributed by atoms with van der Waals surface area (Å²) >= 11 is 1.91. The molecule has 2 atom stereocenters. The highest BCUT2D eigenvalue weighted by Crippen LogP contribution is 2.37. The van der Waals surface area contributed by atoms with Crippen molar-refractivity contribution in [2.24, 2.45) is 11.8 Å². The minimum absolute atomic E-state index is 0.0127. The van der Waals surface area contributed by atoms with Crippen LogP contribution in [-0.2, 0) is 0 Å². The molecule has 0 aromatic carbocycles. The summed E-state index contributed by atoms with van der Waals surface area (Å²) in [5.41, 5.74) is 0. The van der Waals surface area contributed by atoms with Crippen LogP contribution in [0.2, 0.25) is 0 Å². The summed E-state index contributed by atoms with van der Waals surface area (Å²) in [7, 11) is 0. The van der Waals surface area contributed by atoms with Crippen LogP contribution in [0, 0.1) is 11.8 Å². The SMILES string of the molecule is OC1CSCC1CCC1CC1. The molecule has 0 radical (unpaired) electrons. The normalized spacial score (nSPS) is 37.9. The molecule has 1 saturated carbocycles. The van der Waals surface area contributed by atoms with Gasteiger partial charge in [-0.15, -0.1) is 0 Å². The van der Waals surface area contributed by atoms with Gasteiger partial charge in [-0.3, -0.25) is 0 Å². The Balaban J connectivity index is 1.67. The average molecular weight is 172 g/mol. The summed E-state index contributed by atoms with van der Waals surface area (Å²) in [4.78, 5) is 0. The zero-order valence-corrected chi connectivity index (χ0v) is 7.65. The fourth-order valence-corrected chi connectivity index (χ4v) is 3.06. The summed E-state index contributed by atoms with van der Waals surface area (Å²) in [6.45, 7) is 0. The third-order valence-electron chi connectivity index (χ3n) is 2.81. The van der Waals surface area contributed by atoms with E-state index in [4.69, 9.17) is 0 Å². The van der Waals surface area contributed by atoms with Crippen molar-refractivity contribution in [3.05, 3.63) is 0 Å². The molecule has 64 valence electrons. The zero-order chi connectivity index (χ0) is 7.68. The smallest absolute Gasteiger partial charge is 0.0666 e. The van der Waals surface area contributed by atoms with Crippen LogP contribution >= 0.6 is 11.8 Å². The van der Waals surface area contributed by atoms with Gasteiger partial charge in [0.05, 0.1) is 6.10 Å². The van der Waals surface area contributed by atoms with Crippen molar-refractivity contribution in [2.45, 2.75) is 31.8 Å². The van der Waals surface area contributed by atoms with Crippen LogP contribution in [0.4, 0.5) is 0 Å². The molecule has 2 heteroatoms. The van der Waals surface area contributed by atoms with Crippen molar-refractivity contribution in [3.8, 4) is 0 Å². The van der Waals surface area contributed by atoms with Crippen molar-refractivity contribution in [3.63, 3.8) is 0 Å². The first kappa shape index (κ1) is 7.93. The predicted molar refractivity (Wildman–Crippen MR) is 48.8 cm³/mol. The molecule has 1 N–H and O–H groups in total. The lowest BCUT2D eigenvalue weighted by molar-refractivity contribution is 0.142. The maximum atomic E-state index is 9.50. The molecule has 1 heterocycles. The number of hydrogen-bond acceptors (Lipinski definition) is 2. The van der Waals surface area contributed by atoms with Crippen LogP contribution in [0.5, 0.6) is 0 Å². The van der Waals surface area contributed by atoms with E-state index in [0.29, 0.717) is 5.92 Å². The van der Waals surface area contributed by atoms with E-state index in [1.807, 2.05) is 11.8 Å². The number of hydrogen-bond donors (Lipinski definition) is 1. The van der Waals surface area contributed by atoms with E-state index >= 15 is 0 Å². The monoisotopic (exact) mass is 172 g/mol. The topological polar surface area (TPSA) is 20.2 Å². The van der Waals surface area contributed by atoms with Crippen LogP contribution in [0.15, 0.2) is 0 Å². The van der Waals surface area contributed by atoms with E-state index in [9.17, 15) is 5.11 Å². The lowest BCUT2D eigenvalue weighted by Crippen LogP contribution is -2.17. The van der Waals surface area contributed by atoms with Gasteiger partial charge in [-0.25, -0.2) is 0 Å². The molecular formula is C9H16OS. The first-order valence-corrected chi connectivity index (χ1v) is 5.77. The maximum Gasteiger partial charge on any atom is 0.0666 e. The molecular weight excluding hydrogens is 156 g/mol.